The molecule has 3 nitrogen and oxygen atoms in total. The Hall–Kier alpha value is -2.01. The molecule has 1 aromatic heterocycles. The van der Waals surface area contributed by atoms with Gasteiger partial charge in [0.2, 0.25) is 0 Å². The van der Waals surface area contributed by atoms with E-state index in [9.17, 15) is 0 Å². The smallest absolute Gasteiger partial charge is 0.107 e. The Morgan fingerprint density at radius 3 is 2.38 bits per heavy atom. The summed E-state index contributed by atoms with van der Waals surface area (Å²) in [4.78, 5) is 8.40. The summed E-state index contributed by atoms with van der Waals surface area (Å²) in [7, 11) is 0. The molecule has 0 aliphatic carbocycles. The molecule has 134 valence electrons. The minimum atomic E-state index is 0.603. The van der Waals surface area contributed by atoms with Crippen molar-refractivity contribution < 1.29 is 0 Å². The summed E-state index contributed by atoms with van der Waals surface area (Å²) in [6.45, 7) is 4.28. The Morgan fingerprint density at radius 2 is 1.65 bits per heavy atom. The van der Waals surface area contributed by atoms with Crippen molar-refractivity contribution in [1.82, 2.24) is 15.2 Å². The van der Waals surface area contributed by atoms with Crippen molar-refractivity contribution in [2.75, 3.05) is 13.1 Å². The first-order valence-corrected chi connectivity index (χ1v) is 10.2. The first kappa shape index (κ1) is 17.4. The fourth-order valence-corrected chi connectivity index (χ4v) is 4.37. The van der Waals surface area contributed by atoms with E-state index >= 15 is 0 Å². The summed E-state index contributed by atoms with van der Waals surface area (Å²) in [6.07, 6.45) is 4.42. The third-order valence-corrected chi connectivity index (χ3v) is 6.04. The van der Waals surface area contributed by atoms with Crippen molar-refractivity contribution >= 4 is 11.3 Å². The molecule has 2 heterocycles. The fraction of sp³-hybridized carbons (Fsp3) is 0.318. The predicted octanol–water partition coefficient (Wildman–Crippen LogP) is 4.56. The van der Waals surface area contributed by atoms with Gasteiger partial charge in [0.15, 0.2) is 0 Å². The molecule has 1 aliphatic rings. The number of likely N-dealkylation sites (tertiary alicyclic amines) is 1. The van der Waals surface area contributed by atoms with Crippen LogP contribution in [0.25, 0.3) is 10.4 Å². The van der Waals surface area contributed by atoms with Gasteiger partial charge in [0.05, 0.1) is 4.88 Å². The second kappa shape index (κ2) is 8.58. The molecular formula is C22H25N3S. The van der Waals surface area contributed by atoms with Crippen molar-refractivity contribution in [3.05, 3.63) is 77.4 Å². The second-order valence-corrected chi connectivity index (χ2v) is 8.02. The molecule has 1 fully saturated rings. The Balaban J connectivity index is 1.23. The van der Waals surface area contributed by atoms with E-state index in [0.717, 1.165) is 13.1 Å². The second-order valence-electron chi connectivity index (χ2n) is 6.90. The van der Waals surface area contributed by atoms with Gasteiger partial charge in [-0.3, -0.25) is 4.90 Å². The van der Waals surface area contributed by atoms with Crippen molar-refractivity contribution in [2.24, 2.45) is 0 Å². The Morgan fingerprint density at radius 1 is 0.962 bits per heavy atom. The largest absolute Gasteiger partial charge is 0.308 e. The molecule has 4 heteroatoms. The molecule has 1 saturated heterocycles. The Kier molecular flexibility index (Phi) is 5.75. The average molecular weight is 364 g/mol. The maximum Gasteiger partial charge on any atom is 0.107 e. The van der Waals surface area contributed by atoms with Crippen LogP contribution >= 0.6 is 11.3 Å². The number of nitrogens with one attached hydrogen (secondary N) is 1. The van der Waals surface area contributed by atoms with Gasteiger partial charge in [-0.1, -0.05) is 60.7 Å². The zero-order valence-electron chi connectivity index (χ0n) is 15.0. The van der Waals surface area contributed by atoms with E-state index in [1.807, 2.05) is 6.20 Å². The molecule has 1 aliphatic heterocycles. The van der Waals surface area contributed by atoms with Gasteiger partial charge in [-0.05, 0) is 37.1 Å². The summed E-state index contributed by atoms with van der Waals surface area (Å²) in [5, 5.41) is 4.88. The van der Waals surface area contributed by atoms with Crippen LogP contribution in [0, 0.1) is 0 Å². The third-order valence-electron chi connectivity index (χ3n) is 4.99. The van der Waals surface area contributed by atoms with E-state index in [0.29, 0.717) is 6.04 Å². The molecule has 0 radical (unpaired) electrons. The number of hydrogen-bond acceptors (Lipinski definition) is 4. The average Bonchev–Trinajstić information content (AvgIpc) is 3.18. The lowest BCUT2D eigenvalue weighted by atomic mass is 10.0. The molecule has 0 unspecified atom stereocenters. The summed E-state index contributed by atoms with van der Waals surface area (Å²) in [5.41, 5.74) is 2.67. The van der Waals surface area contributed by atoms with Gasteiger partial charge in [0, 0.05) is 25.3 Å². The summed E-state index contributed by atoms with van der Waals surface area (Å²) in [5.74, 6) is 0. The SMILES string of the molecule is c1ccc(CN2CCC(NCc3ncc(-c4ccccc4)s3)CC2)cc1. The monoisotopic (exact) mass is 363 g/mol. The van der Waals surface area contributed by atoms with Gasteiger partial charge in [-0.2, -0.15) is 0 Å². The quantitative estimate of drug-likeness (QED) is 0.696. The number of piperidine rings is 1. The van der Waals surface area contributed by atoms with Crippen LogP contribution in [0.4, 0.5) is 0 Å². The molecule has 0 spiro atoms. The highest BCUT2D eigenvalue weighted by Crippen LogP contribution is 2.26. The Bertz CT molecular complexity index is 793. The van der Waals surface area contributed by atoms with Crippen LogP contribution in [0.5, 0.6) is 0 Å². The standard InChI is InChI=1S/C22H25N3S/c1-3-7-18(8-4-1)17-25-13-11-20(12-14-25)23-16-22-24-15-21(26-22)19-9-5-2-6-10-19/h1-10,15,20,23H,11-14,16-17H2. The lowest BCUT2D eigenvalue weighted by Gasteiger charge is -2.32. The third kappa shape index (κ3) is 4.58. The maximum absolute atomic E-state index is 4.59. The van der Waals surface area contributed by atoms with Crippen LogP contribution in [-0.2, 0) is 13.1 Å². The highest BCUT2D eigenvalue weighted by Gasteiger charge is 2.19. The maximum atomic E-state index is 4.59. The van der Waals surface area contributed by atoms with Crippen molar-refractivity contribution in [2.45, 2.75) is 32.0 Å². The first-order valence-electron chi connectivity index (χ1n) is 9.36. The number of rotatable bonds is 6. The van der Waals surface area contributed by atoms with Crippen LogP contribution in [-0.4, -0.2) is 29.0 Å². The number of nitrogens with zero attached hydrogens (tertiary/aromatic N) is 2. The van der Waals surface area contributed by atoms with E-state index < -0.39 is 0 Å². The molecule has 2 aromatic carbocycles. The summed E-state index contributed by atoms with van der Waals surface area (Å²) in [6, 6.07) is 21.9. The molecule has 4 rings (SSSR count). The number of thiazole rings is 1. The number of aromatic nitrogens is 1. The van der Waals surface area contributed by atoms with Gasteiger partial charge >= 0.3 is 0 Å². The first-order chi connectivity index (χ1) is 12.9. The lowest BCUT2D eigenvalue weighted by Crippen LogP contribution is -2.41. The highest BCUT2D eigenvalue weighted by molar-refractivity contribution is 7.15. The van der Waals surface area contributed by atoms with Gasteiger partial charge < -0.3 is 5.32 Å². The molecule has 3 aromatic rings. The van der Waals surface area contributed by atoms with Gasteiger partial charge in [-0.15, -0.1) is 11.3 Å². The lowest BCUT2D eigenvalue weighted by molar-refractivity contribution is 0.190. The normalized spacial score (nSPS) is 16.0. The topological polar surface area (TPSA) is 28.2 Å². The van der Waals surface area contributed by atoms with E-state index in [1.165, 1.54) is 46.9 Å². The number of hydrogen-bond donors (Lipinski definition) is 1. The van der Waals surface area contributed by atoms with Crippen LogP contribution in [0.3, 0.4) is 0 Å². The van der Waals surface area contributed by atoms with E-state index in [2.05, 4.69) is 75.9 Å². The van der Waals surface area contributed by atoms with E-state index in [-0.39, 0.29) is 0 Å². The minimum absolute atomic E-state index is 0.603. The van der Waals surface area contributed by atoms with Crippen molar-refractivity contribution in [1.29, 1.82) is 0 Å². The fourth-order valence-electron chi connectivity index (χ4n) is 3.50. The van der Waals surface area contributed by atoms with E-state index in [4.69, 9.17) is 0 Å². The summed E-state index contributed by atoms with van der Waals surface area (Å²) >= 11 is 1.79. The predicted molar refractivity (Wildman–Crippen MR) is 109 cm³/mol. The van der Waals surface area contributed by atoms with Gasteiger partial charge in [-0.25, -0.2) is 4.98 Å². The molecule has 1 N–H and O–H groups in total. The molecule has 0 amide bonds. The van der Waals surface area contributed by atoms with E-state index in [1.54, 1.807) is 11.3 Å². The molecule has 26 heavy (non-hydrogen) atoms. The van der Waals surface area contributed by atoms with Crippen molar-refractivity contribution in [3.63, 3.8) is 0 Å². The highest BCUT2D eigenvalue weighted by atomic mass is 32.1. The van der Waals surface area contributed by atoms with Crippen molar-refractivity contribution in [3.8, 4) is 10.4 Å². The molecule has 0 atom stereocenters. The van der Waals surface area contributed by atoms with Crippen LogP contribution < -0.4 is 5.32 Å². The molecule has 0 saturated carbocycles. The van der Waals surface area contributed by atoms with Crippen LogP contribution in [0.1, 0.15) is 23.4 Å². The van der Waals surface area contributed by atoms with Gasteiger partial charge in [0.1, 0.15) is 5.01 Å². The Labute approximate surface area is 159 Å². The number of benzene rings is 2. The summed E-state index contributed by atoms with van der Waals surface area (Å²) < 4.78 is 0. The van der Waals surface area contributed by atoms with Crippen LogP contribution in [0.15, 0.2) is 66.9 Å². The zero-order valence-corrected chi connectivity index (χ0v) is 15.8. The zero-order chi connectivity index (χ0) is 17.6. The van der Waals surface area contributed by atoms with Crippen LogP contribution in [0.2, 0.25) is 0 Å². The van der Waals surface area contributed by atoms with Gasteiger partial charge in [0.25, 0.3) is 0 Å². The molecule has 0 bridgehead atoms. The molecular weight excluding hydrogens is 338 g/mol. The minimum Gasteiger partial charge on any atom is -0.308 e.